The topological polar surface area (TPSA) is 24.7 Å². The Morgan fingerprint density at radius 1 is 0.741 bits per heavy atom. The van der Waals surface area contributed by atoms with Crippen molar-refractivity contribution in [3.8, 4) is 0 Å². The summed E-state index contributed by atoms with van der Waals surface area (Å²) in [6, 6.07) is 11.0. The lowest BCUT2D eigenvalue weighted by atomic mass is 9.78. The van der Waals surface area contributed by atoms with E-state index in [0.717, 1.165) is 12.6 Å². The molecule has 0 amide bonds. The Morgan fingerprint density at radius 2 is 1.33 bits per heavy atom. The number of nitrogens with zero attached hydrogens (tertiary/aromatic N) is 2. The van der Waals surface area contributed by atoms with Crippen molar-refractivity contribution in [1.29, 1.82) is 0 Å². The van der Waals surface area contributed by atoms with Crippen molar-refractivity contribution in [3.63, 3.8) is 0 Å². The predicted molar refractivity (Wildman–Crippen MR) is 119 cm³/mol. The molecule has 0 bridgehead atoms. The SMILES string of the molecule is CCCCCCCC(Cc1ccccc1)C(CCCCCC)[C+]1N=CC=N1. The van der Waals surface area contributed by atoms with Crippen molar-refractivity contribution in [2.24, 2.45) is 21.8 Å². The molecule has 1 aliphatic rings. The van der Waals surface area contributed by atoms with Crippen LogP contribution in [0.5, 0.6) is 0 Å². The van der Waals surface area contributed by atoms with Crippen LogP contribution in [0.2, 0.25) is 0 Å². The van der Waals surface area contributed by atoms with Crippen LogP contribution < -0.4 is 0 Å². The fourth-order valence-electron chi connectivity index (χ4n) is 4.18. The highest BCUT2D eigenvalue weighted by molar-refractivity contribution is 6.18. The molecule has 2 heteroatoms. The number of hydrogen-bond donors (Lipinski definition) is 0. The highest BCUT2D eigenvalue weighted by Gasteiger charge is 2.35. The molecule has 0 radical (unpaired) electrons. The second-order valence-corrected chi connectivity index (χ2v) is 8.02. The fraction of sp³-hybridized carbons (Fsp3) is 0.640. The molecule has 0 aromatic heterocycles. The van der Waals surface area contributed by atoms with Gasteiger partial charge in [-0.15, -0.1) is 0 Å². The van der Waals surface area contributed by atoms with E-state index in [-0.39, 0.29) is 0 Å². The Hall–Kier alpha value is -1.57. The molecule has 27 heavy (non-hydrogen) atoms. The summed E-state index contributed by atoms with van der Waals surface area (Å²) in [5.74, 6) is 1.15. The summed E-state index contributed by atoms with van der Waals surface area (Å²) in [5, 5.41) is 0. The summed E-state index contributed by atoms with van der Waals surface area (Å²) in [6.45, 7) is 4.57. The third-order valence-corrected chi connectivity index (χ3v) is 5.77. The average molecular weight is 368 g/mol. The van der Waals surface area contributed by atoms with Crippen LogP contribution in [0.15, 0.2) is 40.3 Å². The van der Waals surface area contributed by atoms with Gasteiger partial charge >= 0.3 is 0 Å². The third kappa shape index (κ3) is 8.32. The minimum absolute atomic E-state index is 0.503. The minimum atomic E-state index is 0.503. The number of aliphatic imine (C=N–C) groups is 2. The van der Waals surface area contributed by atoms with E-state index in [9.17, 15) is 0 Å². The van der Waals surface area contributed by atoms with Gasteiger partial charge in [-0.25, -0.2) is 0 Å². The van der Waals surface area contributed by atoms with E-state index in [1.807, 2.05) is 12.4 Å². The van der Waals surface area contributed by atoms with E-state index in [4.69, 9.17) is 0 Å². The van der Waals surface area contributed by atoms with E-state index >= 15 is 0 Å². The molecule has 0 aliphatic carbocycles. The molecule has 148 valence electrons. The maximum atomic E-state index is 4.62. The van der Waals surface area contributed by atoms with Crippen molar-refractivity contribution < 1.29 is 0 Å². The van der Waals surface area contributed by atoms with Gasteiger partial charge in [-0.3, -0.25) is 0 Å². The Balaban J connectivity index is 2.01. The maximum Gasteiger partial charge on any atom is 0.244 e. The van der Waals surface area contributed by atoms with Gasteiger partial charge in [0, 0.05) is 0 Å². The Morgan fingerprint density at radius 3 is 2.00 bits per heavy atom. The van der Waals surface area contributed by atoms with Crippen molar-refractivity contribution in [1.82, 2.24) is 0 Å². The van der Waals surface area contributed by atoms with Crippen molar-refractivity contribution >= 4 is 12.4 Å². The molecule has 1 heterocycles. The van der Waals surface area contributed by atoms with Gasteiger partial charge in [0.05, 0.1) is 5.92 Å². The molecule has 2 atom stereocenters. The van der Waals surface area contributed by atoms with Crippen LogP contribution in [-0.4, -0.2) is 12.4 Å². The lowest BCUT2D eigenvalue weighted by Gasteiger charge is -2.26. The molecule has 0 fully saturated rings. The van der Waals surface area contributed by atoms with E-state index in [1.165, 1.54) is 76.2 Å². The van der Waals surface area contributed by atoms with Crippen LogP contribution in [-0.2, 0) is 6.42 Å². The normalized spacial score (nSPS) is 15.4. The molecule has 0 saturated carbocycles. The molecule has 2 nitrogen and oxygen atoms in total. The summed E-state index contributed by atoms with van der Waals surface area (Å²) in [5.41, 5.74) is 1.46. The van der Waals surface area contributed by atoms with Crippen LogP contribution in [0, 0.1) is 18.0 Å². The molecule has 2 rings (SSSR count). The van der Waals surface area contributed by atoms with Crippen molar-refractivity contribution in [3.05, 3.63) is 42.1 Å². The van der Waals surface area contributed by atoms with Crippen LogP contribution in [0.25, 0.3) is 0 Å². The average Bonchev–Trinajstić information content (AvgIpc) is 3.22. The standard InChI is InChI=1S/C25H39N2/c1-3-5-7-9-13-17-23(21-22-15-11-10-12-16-22)24(18-14-8-6-4-2)25-26-19-20-27-25/h10-12,15-16,19-20,23-24H,3-9,13-14,17-18,21H2,1-2H3/q+1. The smallest absolute Gasteiger partial charge is 0.0965 e. The van der Waals surface area contributed by atoms with Crippen LogP contribution in [0.1, 0.15) is 90.0 Å². The van der Waals surface area contributed by atoms with Crippen molar-refractivity contribution in [2.45, 2.75) is 90.9 Å². The lowest BCUT2D eigenvalue weighted by Crippen LogP contribution is -2.22. The molecular formula is C25H39N2+. The molecule has 0 saturated heterocycles. The van der Waals surface area contributed by atoms with Gasteiger partial charge in [0.2, 0.25) is 6.17 Å². The van der Waals surface area contributed by atoms with Crippen LogP contribution in [0.4, 0.5) is 0 Å². The van der Waals surface area contributed by atoms with Crippen LogP contribution in [0.3, 0.4) is 0 Å². The molecular weight excluding hydrogens is 328 g/mol. The number of unbranched alkanes of at least 4 members (excludes halogenated alkanes) is 7. The molecule has 0 N–H and O–H groups in total. The van der Waals surface area contributed by atoms with Gasteiger partial charge in [-0.05, 0) is 30.7 Å². The second kappa shape index (κ2) is 13.6. The van der Waals surface area contributed by atoms with Gasteiger partial charge in [0.1, 0.15) is 0 Å². The highest BCUT2D eigenvalue weighted by Crippen LogP contribution is 2.36. The number of hydrogen-bond acceptors (Lipinski definition) is 2. The lowest BCUT2D eigenvalue weighted by molar-refractivity contribution is 0.284. The second-order valence-electron chi connectivity index (χ2n) is 8.02. The molecule has 2 unspecified atom stereocenters. The Bertz CT molecular complexity index is 523. The monoisotopic (exact) mass is 367 g/mol. The first-order chi connectivity index (χ1) is 13.3. The third-order valence-electron chi connectivity index (χ3n) is 5.77. The first-order valence-electron chi connectivity index (χ1n) is 11.3. The van der Waals surface area contributed by atoms with E-state index in [0.29, 0.717) is 11.8 Å². The number of benzene rings is 1. The summed E-state index contributed by atoms with van der Waals surface area (Å²) in [7, 11) is 0. The summed E-state index contributed by atoms with van der Waals surface area (Å²) < 4.78 is 0. The largest absolute Gasteiger partial charge is 0.244 e. The van der Waals surface area contributed by atoms with Gasteiger partial charge in [0.25, 0.3) is 0 Å². The van der Waals surface area contributed by atoms with Gasteiger partial charge < -0.3 is 0 Å². The van der Waals surface area contributed by atoms with Crippen LogP contribution >= 0.6 is 0 Å². The zero-order valence-corrected chi connectivity index (χ0v) is 17.6. The zero-order chi connectivity index (χ0) is 19.2. The Labute approximate surface area is 167 Å². The zero-order valence-electron chi connectivity index (χ0n) is 17.6. The van der Waals surface area contributed by atoms with Gasteiger partial charge in [-0.1, -0.05) is 112 Å². The maximum absolute atomic E-state index is 4.62. The summed E-state index contributed by atoms with van der Waals surface area (Å²) >= 11 is 0. The highest BCUT2D eigenvalue weighted by atomic mass is 15.0. The summed E-state index contributed by atoms with van der Waals surface area (Å²) in [6.07, 6.45) is 20.5. The quantitative estimate of drug-likeness (QED) is 0.227. The first-order valence-corrected chi connectivity index (χ1v) is 11.3. The molecule has 0 spiro atoms. The van der Waals surface area contributed by atoms with Gasteiger partial charge in [0.15, 0.2) is 12.4 Å². The van der Waals surface area contributed by atoms with E-state index < -0.39 is 0 Å². The summed E-state index contributed by atoms with van der Waals surface area (Å²) in [4.78, 5) is 9.25. The number of rotatable bonds is 15. The first kappa shape index (κ1) is 21.7. The van der Waals surface area contributed by atoms with E-state index in [1.54, 1.807) is 0 Å². The molecule has 1 aromatic carbocycles. The predicted octanol–water partition coefficient (Wildman–Crippen LogP) is 7.44. The minimum Gasteiger partial charge on any atom is -0.0965 e. The van der Waals surface area contributed by atoms with Crippen molar-refractivity contribution in [2.75, 3.05) is 0 Å². The fourth-order valence-corrected chi connectivity index (χ4v) is 4.18. The molecule has 1 aromatic rings. The molecule has 1 aliphatic heterocycles. The Kier molecular flexibility index (Phi) is 10.9. The van der Waals surface area contributed by atoms with Gasteiger partial charge in [-0.2, -0.15) is 0 Å². The van der Waals surface area contributed by atoms with E-state index in [2.05, 4.69) is 54.2 Å².